The summed E-state index contributed by atoms with van der Waals surface area (Å²) in [4.78, 5) is 15.7. The van der Waals surface area contributed by atoms with Gasteiger partial charge in [0.15, 0.2) is 0 Å². The summed E-state index contributed by atoms with van der Waals surface area (Å²) in [5, 5.41) is 13.9. The average Bonchev–Trinajstić information content (AvgIpc) is 3.13. The third kappa shape index (κ3) is 4.06. The summed E-state index contributed by atoms with van der Waals surface area (Å²) < 4.78 is 0. The maximum Gasteiger partial charge on any atom is 0.224 e. The average molecular weight is 340 g/mol. The third-order valence-electron chi connectivity index (χ3n) is 5.44. The highest BCUT2D eigenvalue weighted by Crippen LogP contribution is 2.34. The number of amides is 1. The highest BCUT2D eigenvalue weighted by molar-refractivity contribution is 5.89. The molecule has 1 aliphatic rings. The Morgan fingerprint density at radius 1 is 1.36 bits per heavy atom. The van der Waals surface area contributed by atoms with E-state index in [0.29, 0.717) is 18.3 Å². The Labute approximate surface area is 149 Å². The number of hydrogen-bond donors (Lipinski definition) is 3. The Bertz CT molecular complexity index is 762. The van der Waals surface area contributed by atoms with Crippen LogP contribution in [0.4, 0.5) is 0 Å². The van der Waals surface area contributed by atoms with Crippen LogP contribution in [0.25, 0.3) is 10.9 Å². The van der Waals surface area contributed by atoms with Crippen LogP contribution in [0.1, 0.15) is 45.1 Å². The minimum absolute atomic E-state index is 0.0628. The van der Waals surface area contributed by atoms with E-state index < -0.39 is 0 Å². The van der Waals surface area contributed by atoms with Crippen LogP contribution in [-0.4, -0.2) is 22.0 Å². The molecule has 4 heteroatoms. The first-order chi connectivity index (χ1) is 12.1. The Balaban J connectivity index is 1.65. The quantitative estimate of drug-likeness (QED) is 0.686. The summed E-state index contributed by atoms with van der Waals surface area (Å²) in [6.07, 6.45) is 11.0. The largest absolute Gasteiger partial charge is 0.508 e. The highest BCUT2D eigenvalue weighted by Gasteiger charge is 2.33. The number of benzene rings is 1. The molecule has 1 aromatic carbocycles. The van der Waals surface area contributed by atoms with E-state index in [2.05, 4.69) is 36.3 Å². The molecule has 3 atom stereocenters. The van der Waals surface area contributed by atoms with Gasteiger partial charge in [-0.05, 0) is 61.3 Å². The number of rotatable bonds is 6. The number of carbonyl (C=O) groups is 1. The minimum Gasteiger partial charge on any atom is -0.508 e. The van der Waals surface area contributed by atoms with Crippen molar-refractivity contribution in [3.63, 3.8) is 0 Å². The van der Waals surface area contributed by atoms with Crippen molar-refractivity contribution in [3.8, 4) is 5.75 Å². The van der Waals surface area contributed by atoms with Crippen LogP contribution in [-0.2, 0) is 11.2 Å². The first-order valence-corrected chi connectivity index (χ1v) is 9.31. The lowest BCUT2D eigenvalue weighted by atomic mass is 9.91. The maximum atomic E-state index is 12.6. The predicted octanol–water partition coefficient (Wildman–Crippen LogP) is 4.30. The first kappa shape index (κ1) is 17.6. The number of phenolic OH excluding ortho intramolecular Hbond substituents is 1. The van der Waals surface area contributed by atoms with E-state index in [1.54, 1.807) is 12.1 Å². The highest BCUT2D eigenvalue weighted by atomic mass is 16.3. The van der Waals surface area contributed by atoms with Crippen molar-refractivity contribution >= 4 is 16.8 Å². The zero-order valence-electron chi connectivity index (χ0n) is 15.1. The normalized spacial score (nSPS) is 23.5. The molecule has 2 aromatic rings. The number of aromatic hydroxyl groups is 1. The molecule has 0 saturated heterocycles. The predicted molar refractivity (Wildman–Crippen MR) is 102 cm³/mol. The van der Waals surface area contributed by atoms with Crippen LogP contribution in [0.3, 0.4) is 0 Å². The summed E-state index contributed by atoms with van der Waals surface area (Å²) in [6.45, 7) is 4.44. The van der Waals surface area contributed by atoms with Crippen LogP contribution in [0.15, 0.2) is 36.5 Å². The van der Waals surface area contributed by atoms with Crippen LogP contribution < -0.4 is 5.32 Å². The van der Waals surface area contributed by atoms with E-state index in [4.69, 9.17) is 0 Å². The van der Waals surface area contributed by atoms with E-state index >= 15 is 0 Å². The fourth-order valence-electron chi connectivity index (χ4n) is 4.01. The standard InChI is InChI=1S/C21H28N2O2/c1-3-4-5-6-17-14(2)7-9-20(17)23-21(25)11-15-13-22-19-10-8-16(24)12-18(15)19/h4-5,8,10,12-14,17,20,22,24H,3,6-7,9,11H2,1-2H3,(H,23,25)/b5-4-. The molecule has 0 bridgehead atoms. The lowest BCUT2D eigenvalue weighted by Gasteiger charge is -2.22. The Morgan fingerprint density at radius 3 is 3.00 bits per heavy atom. The van der Waals surface area contributed by atoms with E-state index in [0.717, 1.165) is 35.7 Å². The van der Waals surface area contributed by atoms with Gasteiger partial charge in [0, 0.05) is 23.1 Å². The van der Waals surface area contributed by atoms with Crippen LogP contribution in [0.2, 0.25) is 0 Å². The second-order valence-electron chi connectivity index (χ2n) is 7.23. The van der Waals surface area contributed by atoms with Gasteiger partial charge >= 0.3 is 0 Å². The number of aromatic amines is 1. The number of allylic oxidation sites excluding steroid dienone is 2. The van der Waals surface area contributed by atoms with E-state index in [-0.39, 0.29) is 17.7 Å². The SMILES string of the molecule is CC/C=C\CC1C(C)CCC1NC(=O)Cc1c[nH]c2ccc(O)cc12. The molecule has 1 aromatic heterocycles. The van der Waals surface area contributed by atoms with Gasteiger partial charge in [-0.1, -0.05) is 26.0 Å². The molecule has 0 radical (unpaired) electrons. The fraction of sp³-hybridized carbons (Fsp3) is 0.476. The molecule has 25 heavy (non-hydrogen) atoms. The zero-order chi connectivity index (χ0) is 17.8. The van der Waals surface area contributed by atoms with Gasteiger partial charge in [-0.25, -0.2) is 0 Å². The van der Waals surface area contributed by atoms with Crippen LogP contribution >= 0.6 is 0 Å². The second kappa shape index (κ2) is 7.77. The Morgan fingerprint density at radius 2 is 2.20 bits per heavy atom. The minimum atomic E-state index is 0.0628. The van der Waals surface area contributed by atoms with Gasteiger partial charge in [0.2, 0.25) is 5.91 Å². The molecular weight excluding hydrogens is 312 g/mol. The summed E-state index contributed by atoms with van der Waals surface area (Å²) >= 11 is 0. The van der Waals surface area contributed by atoms with Crippen LogP contribution in [0, 0.1) is 11.8 Å². The number of fused-ring (bicyclic) bond motifs is 1. The molecule has 1 heterocycles. The smallest absolute Gasteiger partial charge is 0.224 e. The van der Waals surface area contributed by atoms with Crippen molar-refractivity contribution in [2.75, 3.05) is 0 Å². The summed E-state index contributed by atoms with van der Waals surface area (Å²) in [5.74, 6) is 1.46. The molecule has 134 valence electrons. The number of aromatic nitrogens is 1. The molecule has 1 aliphatic carbocycles. The third-order valence-corrected chi connectivity index (χ3v) is 5.44. The lowest BCUT2D eigenvalue weighted by molar-refractivity contribution is -0.121. The Kier molecular flexibility index (Phi) is 5.47. The van der Waals surface area contributed by atoms with Gasteiger partial charge in [-0.2, -0.15) is 0 Å². The van der Waals surface area contributed by atoms with E-state index in [1.807, 2.05) is 12.3 Å². The fourth-order valence-corrected chi connectivity index (χ4v) is 4.01. The molecule has 4 nitrogen and oxygen atoms in total. The van der Waals surface area contributed by atoms with Gasteiger partial charge in [0.1, 0.15) is 5.75 Å². The van der Waals surface area contributed by atoms with Gasteiger partial charge in [-0.3, -0.25) is 4.79 Å². The summed E-state index contributed by atoms with van der Waals surface area (Å²) in [5.41, 5.74) is 1.87. The van der Waals surface area contributed by atoms with Gasteiger partial charge in [0.25, 0.3) is 0 Å². The Hall–Kier alpha value is -2.23. The van der Waals surface area contributed by atoms with Gasteiger partial charge < -0.3 is 15.4 Å². The van der Waals surface area contributed by atoms with E-state index in [1.165, 1.54) is 6.42 Å². The molecule has 3 unspecified atom stereocenters. The zero-order valence-corrected chi connectivity index (χ0v) is 15.1. The molecule has 1 saturated carbocycles. The number of hydrogen-bond acceptors (Lipinski definition) is 2. The van der Waals surface area contributed by atoms with E-state index in [9.17, 15) is 9.90 Å². The van der Waals surface area contributed by atoms with Crippen molar-refractivity contribution in [1.29, 1.82) is 0 Å². The second-order valence-corrected chi connectivity index (χ2v) is 7.23. The first-order valence-electron chi connectivity index (χ1n) is 9.31. The van der Waals surface area contributed by atoms with Crippen molar-refractivity contribution in [1.82, 2.24) is 10.3 Å². The number of nitrogens with one attached hydrogen (secondary N) is 2. The molecule has 1 amide bonds. The molecule has 1 fully saturated rings. The number of H-pyrrole nitrogens is 1. The van der Waals surface area contributed by atoms with Crippen LogP contribution in [0.5, 0.6) is 5.75 Å². The molecule has 3 rings (SSSR count). The summed E-state index contributed by atoms with van der Waals surface area (Å²) in [6, 6.07) is 5.46. The van der Waals surface area contributed by atoms with Gasteiger partial charge in [-0.15, -0.1) is 0 Å². The number of carbonyl (C=O) groups excluding carboxylic acids is 1. The molecule has 0 spiro atoms. The van der Waals surface area contributed by atoms with Crippen molar-refractivity contribution in [2.24, 2.45) is 11.8 Å². The van der Waals surface area contributed by atoms with Crippen molar-refractivity contribution in [3.05, 3.63) is 42.1 Å². The summed E-state index contributed by atoms with van der Waals surface area (Å²) in [7, 11) is 0. The monoisotopic (exact) mass is 340 g/mol. The van der Waals surface area contributed by atoms with Crippen molar-refractivity contribution in [2.45, 2.75) is 52.0 Å². The topological polar surface area (TPSA) is 65.1 Å². The van der Waals surface area contributed by atoms with Gasteiger partial charge in [0.05, 0.1) is 6.42 Å². The molecular formula is C21H28N2O2. The van der Waals surface area contributed by atoms with Crippen molar-refractivity contribution < 1.29 is 9.90 Å². The molecule has 0 aliphatic heterocycles. The maximum absolute atomic E-state index is 12.6. The number of phenols is 1. The lowest BCUT2D eigenvalue weighted by Crippen LogP contribution is -2.39. The molecule has 3 N–H and O–H groups in total.